The number of methoxy groups -OCH3 is 1. The van der Waals surface area contributed by atoms with Crippen LogP contribution in [0.15, 0.2) is 18.2 Å². The number of fused-ring (bicyclic) bond motifs is 1. The summed E-state index contributed by atoms with van der Waals surface area (Å²) in [5, 5.41) is 9.98. The van der Waals surface area contributed by atoms with Gasteiger partial charge in [0.1, 0.15) is 11.8 Å². The van der Waals surface area contributed by atoms with Crippen molar-refractivity contribution >= 4 is 10.9 Å². The molecule has 0 saturated heterocycles. The van der Waals surface area contributed by atoms with Crippen molar-refractivity contribution < 1.29 is 4.74 Å². The molecule has 0 unspecified atom stereocenters. The molecule has 0 N–H and O–H groups in total. The second kappa shape index (κ2) is 3.82. The lowest BCUT2D eigenvalue weighted by atomic mass is 10.1. The van der Waals surface area contributed by atoms with Gasteiger partial charge in [0.25, 0.3) is 0 Å². The van der Waals surface area contributed by atoms with E-state index in [0.717, 1.165) is 22.4 Å². The molecule has 0 bridgehead atoms. The molecular formula is C13H12N2O. The molecule has 3 nitrogen and oxygen atoms in total. The molecule has 0 fully saturated rings. The molecule has 3 heteroatoms. The van der Waals surface area contributed by atoms with E-state index in [1.807, 2.05) is 32.0 Å². The summed E-state index contributed by atoms with van der Waals surface area (Å²) in [6, 6.07) is 7.88. The van der Waals surface area contributed by atoms with Crippen LogP contribution in [0.25, 0.3) is 10.9 Å². The van der Waals surface area contributed by atoms with Crippen molar-refractivity contribution in [1.82, 2.24) is 4.98 Å². The van der Waals surface area contributed by atoms with Crippen molar-refractivity contribution in [2.45, 2.75) is 13.8 Å². The summed E-state index contributed by atoms with van der Waals surface area (Å²) < 4.78 is 5.31. The van der Waals surface area contributed by atoms with Crippen molar-refractivity contribution in [2.24, 2.45) is 0 Å². The van der Waals surface area contributed by atoms with Crippen molar-refractivity contribution in [2.75, 3.05) is 7.11 Å². The van der Waals surface area contributed by atoms with Crippen LogP contribution < -0.4 is 4.74 Å². The van der Waals surface area contributed by atoms with Gasteiger partial charge in [-0.05, 0) is 31.5 Å². The molecule has 0 aliphatic rings. The highest BCUT2D eigenvalue weighted by molar-refractivity contribution is 5.90. The Morgan fingerprint density at radius 3 is 2.62 bits per heavy atom. The smallest absolute Gasteiger partial charge is 0.130 e. The SMILES string of the molecule is COc1cc(C)nc2c(C#N)cc(C)cc12. The predicted molar refractivity (Wildman–Crippen MR) is 62.5 cm³/mol. The molecule has 2 rings (SSSR count). The van der Waals surface area contributed by atoms with E-state index in [-0.39, 0.29) is 0 Å². The molecule has 16 heavy (non-hydrogen) atoms. The van der Waals surface area contributed by atoms with E-state index in [4.69, 9.17) is 10.00 Å². The third-order valence-electron chi connectivity index (χ3n) is 2.49. The van der Waals surface area contributed by atoms with Crippen molar-refractivity contribution in [3.63, 3.8) is 0 Å². The van der Waals surface area contributed by atoms with E-state index in [1.54, 1.807) is 7.11 Å². The van der Waals surface area contributed by atoms with Gasteiger partial charge in [0, 0.05) is 17.1 Å². The van der Waals surface area contributed by atoms with Gasteiger partial charge in [0.2, 0.25) is 0 Å². The summed E-state index contributed by atoms with van der Waals surface area (Å²) in [6.45, 7) is 3.85. The quantitative estimate of drug-likeness (QED) is 0.730. The molecule has 0 spiro atoms. The summed E-state index contributed by atoms with van der Waals surface area (Å²) >= 11 is 0. The molecule has 0 radical (unpaired) electrons. The van der Waals surface area contributed by atoms with E-state index in [9.17, 15) is 0 Å². The number of aryl methyl sites for hydroxylation is 2. The lowest BCUT2D eigenvalue weighted by molar-refractivity contribution is 0.419. The van der Waals surface area contributed by atoms with E-state index in [2.05, 4.69) is 11.1 Å². The Labute approximate surface area is 94.3 Å². The average molecular weight is 212 g/mol. The van der Waals surface area contributed by atoms with Gasteiger partial charge in [-0.25, -0.2) is 0 Å². The Bertz CT molecular complexity index is 597. The summed E-state index contributed by atoms with van der Waals surface area (Å²) in [4.78, 5) is 4.39. The number of aromatic nitrogens is 1. The fourth-order valence-electron chi connectivity index (χ4n) is 1.82. The molecular weight excluding hydrogens is 200 g/mol. The van der Waals surface area contributed by atoms with Crippen LogP contribution >= 0.6 is 0 Å². The number of hydrogen-bond donors (Lipinski definition) is 0. The Morgan fingerprint density at radius 2 is 2.00 bits per heavy atom. The normalized spacial score (nSPS) is 10.1. The first-order valence-corrected chi connectivity index (χ1v) is 5.02. The standard InChI is InChI=1S/C13H12N2O/c1-8-4-10(7-14)13-11(5-8)12(16-3)6-9(2)15-13/h4-6H,1-3H3. The van der Waals surface area contributed by atoms with Crippen LogP contribution in [-0.4, -0.2) is 12.1 Å². The van der Waals surface area contributed by atoms with Crippen molar-refractivity contribution in [3.8, 4) is 11.8 Å². The lowest BCUT2D eigenvalue weighted by Gasteiger charge is -2.08. The average Bonchev–Trinajstić information content (AvgIpc) is 2.27. The Balaban J connectivity index is 2.94. The van der Waals surface area contributed by atoms with Gasteiger partial charge in [-0.15, -0.1) is 0 Å². The van der Waals surface area contributed by atoms with Crippen LogP contribution in [0.3, 0.4) is 0 Å². The number of rotatable bonds is 1. The lowest BCUT2D eigenvalue weighted by Crippen LogP contribution is -1.93. The van der Waals surface area contributed by atoms with Crippen LogP contribution in [0.4, 0.5) is 0 Å². The van der Waals surface area contributed by atoms with E-state index >= 15 is 0 Å². The molecule has 1 heterocycles. The number of pyridine rings is 1. The minimum absolute atomic E-state index is 0.594. The van der Waals surface area contributed by atoms with E-state index in [0.29, 0.717) is 11.1 Å². The highest BCUT2D eigenvalue weighted by Crippen LogP contribution is 2.28. The highest BCUT2D eigenvalue weighted by atomic mass is 16.5. The fraction of sp³-hybridized carbons (Fsp3) is 0.231. The Morgan fingerprint density at radius 1 is 1.25 bits per heavy atom. The van der Waals surface area contributed by atoms with Crippen LogP contribution in [0, 0.1) is 25.2 Å². The minimum atomic E-state index is 0.594. The second-order valence-corrected chi connectivity index (χ2v) is 3.79. The zero-order valence-corrected chi connectivity index (χ0v) is 9.53. The maximum absolute atomic E-state index is 9.08. The number of ether oxygens (including phenoxy) is 1. The molecule has 0 atom stereocenters. The Kier molecular flexibility index (Phi) is 2.49. The first-order chi connectivity index (χ1) is 7.65. The van der Waals surface area contributed by atoms with Gasteiger partial charge < -0.3 is 4.74 Å². The van der Waals surface area contributed by atoms with Gasteiger partial charge in [-0.3, -0.25) is 4.98 Å². The van der Waals surface area contributed by atoms with Gasteiger partial charge in [0.05, 0.1) is 18.2 Å². The largest absolute Gasteiger partial charge is 0.496 e. The summed E-state index contributed by atoms with van der Waals surface area (Å²) in [5.74, 6) is 0.766. The van der Waals surface area contributed by atoms with Gasteiger partial charge >= 0.3 is 0 Å². The third-order valence-corrected chi connectivity index (χ3v) is 2.49. The molecule has 0 aliphatic heterocycles. The van der Waals surface area contributed by atoms with Crippen LogP contribution in [0.1, 0.15) is 16.8 Å². The number of benzene rings is 1. The maximum Gasteiger partial charge on any atom is 0.130 e. The summed E-state index contributed by atoms with van der Waals surface area (Å²) in [7, 11) is 1.63. The predicted octanol–water partition coefficient (Wildman–Crippen LogP) is 2.73. The molecule has 80 valence electrons. The van der Waals surface area contributed by atoms with Gasteiger partial charge in [-0.2, -0.15) is 5.26 Å². The van der Waals surface area contributed by atoms with Crippen LogP contribution in [-0.2, 0) is 0 Å². The number of nitriles is 1. The Hall–Kier alpha value is -2.08. The van der Waals surface area contributed by atoms with E-state index in [1.165, 1.54) is 0 Å². The maximum atomic E-state index is 9.08. The number of nitrogens with zero attached hydrogens (tertiary/aromatic N) is 2. The third kappa shape index (κ3) is 1.59. The fourth-order valence-corrected chi connectivity index (χ4v) is 1.82. The second-order valence-electron chi connectivity index (χ2n) is 3.79. The van der Waals surface area contributed by atoms with Crippen molar-refractivity contribution in [1.29, 1.82) is 5.26 Å². The monoisotopic (exact) mass is 212 g/mol. The molecule has 0 amide bonds. The van der Waals surface area contributed by atoms with Crippen LogP contribution in [0.5, 0.6) is 5.75 Å². The van der Waals surface area contributed by atoms with Crippen molar-refractivity contribution in [3.05, 3.63) is 35.0 Å². The van der Waals surface area contributed by atoms with Crippen LogP contribution in [0.2, 0.25) is 0 Å². The molecule has 2 aromatic rings. The molecule has 1 aromatic carbocycles. The van der Waals surface area contributed by atoms with E-state index < -0.39 is 0 Å². The minimum Gasteiger partial charge on any atom is -0.496 e. The molecule has 0 saturated carbocycles. The highest BCUT2D eigenvalue weighted by Gasteiger charge is 2.09. The number of hydrogen-bond acceptors (Lipinski definition) is 3. The summed E-state index contributed by atoms with van der Waals surface area (Å²) in [6.07, 6.45) is 0. The molecule has 0 aliphatic carbocycles. The molecule has 1 aromatic heterocycles. The zero-order chi connectivity index (χ0) is 11.7. The van der Waals surface area contributed by atoms with Gasteiger partial charge in [0.15, 0.2) is 0 Å². The first kappa shape index (κ1) is 10.4. The first-order valence-electron chi connectivity index (χ1n) is 5.02. The zero-order valence-electron chi connectivity index (χ0n) is 9.53. The summed E-state index contributed by atoms with van der Waals surface area (Å²) in [5.41, 5.74) is 3.19. The topological polar surface area (TPSA) is 45.9 Å². The van der Waals surface area contributed by atoms with Gasteiger partial charge in [-0.1, -0.05) is 0 Å².